The first-order valence-corrected chi connectivity index (χ1v) is 31.6. The van der Waals surface area contributed by atoms with Gasteiger partial charge in [-0.25, -0.2) is 4.90 Å². The first-order chi connectivity index (χ1) is 46.1. The standard InChI is InChI=1S/C59H90N12O26/c1-22(2)13-35(77)96-49-44(83)42(81)32(20-74)94-57(49)97-48-33(21-75)95-56(47(86)45(48)84)92-26-11-9-24(10-12-26)14-27-51(88)69-37(39(78)28-15-63-58(60)67-28)54(91)70-38(40(79)30-16-64-59(61)71(30)55-46(85)43(82)41(80)31(19-73)93-55)53(90)66-29(18-72)50(87)62-17-34(76)68-36(52(89)65-27)23(3)25-7-5-4-6-8-25/h4-12,22-23,27-33,36-49,55-59,63-64,67,72-75,78-86H,13-21,60-61H2,1-3H3,(H,62,87)(H,65,89)(H,66,90)(H,68,76)(H,69,88)(H,70,91)/t23-,27+,28-,29-,30-,31+,32+,33+,36-,37-,38+,39-,40-,41+,42+,43-,44-,45+,46-,47-,48+,49-,55-,56-,57+,58?,59?/m0/s1. The van der Waals surface area contributed by atoms with Crippen LogP contribution in [0.25, 0.3) is 0 Å². The van der Waals surface area contributed by atoms with E-state index in [4.69, 9.17) is 39.9 Å². The Balaban J connectivity index is 1.10. The summed E-state index contributed by atoms with van der Waals surface area (Å²) in [7, 11) is 0. The number of rotatable bonds is 20. The van der Waals surface area contributed by atoms with Crippen LogP contribution in [0.3, 0.4) is 0 Å². The number of nitrogens with zero attached hydrogens (tertiary/aromatic N) is 1. The van der Waals surface area contributed by atoms with Gasteiger partial charge < -0.3 is 138 Å². The van der Waals surface area contributed by atoms with Crippen LogP contribution in [-0.4, -0.2) is 318 Å². The van der Waals surface area contributed by atoms with Gasteiger partial charge in [0.25, 0.3) is 0 Å². The Bertz CT molecular complexity index is 2970. The number of nitrogens with two attached hydrogens (primary N) is 2. The molecule has 6 aliphatic rings. The molecular formula is C59H90N12O26. The summed E-state index contributed by atoms with van der Waals surface area (Å²) in [5.74, 6) is -9.23. The molecule has 542 valence electrons. The molecule has 97 heavy (non-hydrogen) atoms. The van der Waals surface area contributed by atoms with Crippen molar-refractivity contribution in [1.82, 2.24) is 52.8 Å². The molecule has 0 spiro atoms. The number of hydrogen-bond donors (Lipinski definition) is 24. The van der Waals surface area contributed by atoms with Gasteiger partial charge in [0.1, 0.15) is 128 Å². The van der Waals surface area contributed by atoms with Gasteiger partial charge in [0.15, 0.2) is 12.4 Å². The molecule has 6 amide bonds. The molecule has 6 fully saturated rings. The first-order valence-electron chi connectivity index (χ1n) is 31.6. The maximum absolute atomic E-state index is 15.2. The van der Waals surface area contributed by atoms with Gasteiger partial charge >= 0.3 is 5.97 Å². The molecule has 0 aromatic heterocycles. The number of ether oxygens (including phenoxy) is 6. The van der Waals surface area contributed by atoms with E-state index in [9.17, 15) is 90.4 Å². The highest BCUT2D eigenvalue weighted by atomic mass is 16.7. The van der Waals surface area contributed by atoms with Crippen molar-refractivity contribution in [3.63, 3.8) is 0 Å². The first kappa shape index (κ1) is 76.4. The van der Waals surface area contributed by atoms with Gasteiger partial charge in [-0.1, -0.05) is 63.2 Å². The molecule has 27 atom stereocenters. The monoisotopic (exact) mass is 1380 g/mol. The Kier molecular flexibility index (Phi) is 26.9. The maximum Gasteiger partial charge on any atom is 0.306 e. The fourth-order valence-electron chi connectivity index (χ4n) is 12.2. The third kappa shape index (κ3) is 18.2. The largest absolute Gasteiger partial charge is 0.462 e. The lowest BCUT2D eigenvalue weighted by molar-refractivity contribution is -0.353. The molecule has 2 unspecified atom stereocenters. The summed E-state index contributed by atoms with van der Waals surface area (Å²) >= 11 is 0. The molecule has 38 nitrogen and oxygen atoms in total. The van der Waals surface area contributed by atoms with Crippen molar-refractivity contribution < 1.29 is 128 Å². The zero-order valence-corrected chi connectivity index (χ0v) is 52.9. The van der Waals surface area contributed by atoms with E-state index in [1.54, 1.807) is 51.1 Å². The predicted molar refractivity (Wildman–Crippen MR) is 325 cm³/mol. The van der Waals surface area contributed by atoms with Crippen LogP contribution < -0.4 is 64.1 Å². The predicted octanol–water partition coefficient (Wildman–Crippen LogP) is -13.0. The number of amides is 6. The highest BCUT2D eigenvalue weighted by Gasteiger charge is 2.55. The topological polar surface area (TPSA) is 601 Å². The van der Waals surface area contributed by atoms with Crippen molar-refractivity contribution >= 4 is 41.4 Å². The van der Waals surface area contributed by atoms with Gasteiger partial charge in [-0.05, 0) is 29.2 Å². The average molecular weight is 1380 g/mol. The lowest BCUT2D eigenvalue weighted by Crippen LogP contribution is -2.70. The molecule has 6 saturated heterocycles. The average Bonchev–Trinajstić information content (AvgIpc) is 1.73. The normalized spacial score (nSPS) is 37.9. The fraction of sp³-hybridized carbons (Fsp3) is 0.678. The highest BCUT2D eigenvalue weighted by Crippen LogP contribution is 2.33. The SMILES string of the molecule is CC(C)CC(=O)O[C@@H]1[C@@H](O[C@H]2[C@H](O)[C@H](O)[C@@H](Oc3ccc(C[C@H]4NC(=O)[C@H]([C@@H](C)c5ccccc5)NC(=O)CNC(=O)[C@H](CO)NC(=O)[C@@H]([C@@H](O)[C@@H]5CNC(N)N5[C@H]5O[C@H](CO)[C@@H](O)[C@H](O)[C@@H]5O)NC(=O)[C@H]([C@@H](O)[C@@H]5CNC(N)N5)NC4=O)cc3)O[C@@H]2CO)O[C@H](CO)[C@@H](O)[C@@H]1O. The Labute approximate surface area is 554 Å². The molecule has 6 aliphatic heterocycles. The van der Waals surface area contributed by atoms with Crippen LogP contribution in [0.4, 0.5) is 0 Å². The van der Waals surface area contributed by atoms with Crippen LogP contribution >= 0.6 is 0 Å². The van der Waals surface area contributed by atoms with Crippen molar-refractivity contribution in [2.75, 3.05) is 46.1 Å². The van der Waals surface area contributed by atoms with Crippen LogP contribution in [-0.2, 0) is 63.7 Å². The molecule has 26 N–H and O–H groups in total. The number of carbonyl (C=O) groups excluding carboxylic acids is 7. The molecule has 8 rings (SSSR count). The Morgan fingerprint density at radius 3 is 1.81 bits per heavy atom. The molecule has 0 aliphatic carbocycles. The summed E-state index contributed by atoms with van der Waals surface area (Å²) in [6.45, 7) is -0.216. The molecule has 6 heterocycles. The molecule has 0 radical (unpaired) electrons. The van der Waals surface area contributed by atoms with E-state index in [-0.39, 0.29) is 30.2 Å². The second-order valence-corrected chi connectivity index (χ2v) is 25.0. The minimum absolute atomic E-state index is 0.0787. The number of hydrogen-bond acceptors (Lipinski definition) is 32. The zero-order chi connectivity index (χ0) is 70.9. The van der Waals surface area contributed by atoms with Crippen molar-refractivity contribution in [3.8, 4) is 5.75 Å². The van der Waals surface area contributed by atoms with Gasteiger partial charge in [0, 0.05) is 31.8 Å². The number of esters is 1. The summed E-state index contributed by atoms with van der Waals surface area (Å²) in [5.41, 5.74) is 13.1. The highest BCUT2D eigenvalue weighted by molar-refractivity contribution is 5.98. The Morgan fingerprint density at radius 1 is 0.598 bits per heavy atom. The molecule has 38 heteroatoms. The van der Waals surface area contributed by atoms with Crippen molar-refractivity contribution in [1.29, 1.82) is 0 Å². The smallest absolute Gasteiger partial charge is 0.306 e. The number of aliphatic hydroxyl groups is 13. The summed E-state index contributed by atoms with van der Waals surface area (Å²) in [5, 5.41) is 165. The summed E-state index contributed by atoms with van der Waals surface area (Å²) in [4.78, 5) is 101. The van der Waals surface area contributed by atoms with Crippen LogP contribution in [0.2, 0.25) is 0 Å². The second kappa shape index (κ2) is 34.1. The zero-order valence-electron chi connectivity index (χ0n) is 52.9. The molecule has 2 aromatic rings. The molecular weight excluding hydrogens is 1290 g/mol. The van der Waals surface area contributed by atoms with Crippen LogP contribution in [0.15, 0.2) is 54.6 Å². The van der Waals surface area contributed by atoms with Crippen LogP contribution in [0.1, 0.15) is 44.2 Å². The van der Waals surface area contributed by atoms with E-state index in [0.717, 1.165) is 4.90 Å². The lowest BCUT2D eigenvalue weighted by atomic mass is 9.92. The van der Waals surface area contributed by atoms with Gasteiger partial charge in [0.2, 0.25) is 41.7 Å². The van der Waals surface area contributed by atoms with Crippen LogP contribution in [0, 0.1) is 5.92 Å². The second-order valence-electron chi connectivity index (χ2n) is 25.0. The molecule has 2 aromatic carbocycles. The van der Waals surface area contributed by atoms with Gasteiger partial charge in [-0.2, -0.15) is 0 Å². The van der Waals surface area contributed by atoms with Gasteiger partial charge in [0.05, 0.1) is 51.2 Å². The number of carbonyl (C=O) groups is 7. The van der Waals surface area contributed by atoms with E-state index in [1.807, 2.05) is 0 Å². The lowest BCUT2D eigenvalue weighted by Gasteiger charge is -2.47. The minimum atomic E-state index is -2.31. The number of aliphatic hydroxyl groups excluding tert-OH is 13. The van der Waals surface area contributed by atoms with Crippen molar-refractivity contribution in [2.24, 2.45) is 17.4 Å². The van der Waals surface area contributed by atoms with Gasteiger partial charge in [-0.3, -0.25) is 49.5 Å². The summed E-state index contributed by atoms with van der Waals surface area (Å²) < 4.78 is 34.5. The summed E-state index contributed by atoms with van der Waals surface area (Å²) in [6.07, 6.45) is -34.0. The van der Waals surface area contributed by atoms with E-state index >= 15 is 9.59 Å². The minimum Gasteiger partial charge on any atom is -0.462 e. The Morgan fingerprint density at radius 2 is 1.19 bits per heavy atom. The fourth-order valence-corrected chi connectivity index (χ4v) is 12.2. The quantitative estimate of drug-likeness (QED) is 0.0547. The third-order valence-corrected chi connectivity index (χ3v) is 17.7. The van der Waals surface area contributed by atoms with Crippen molar-refractivity contribution in [2.45, 2.75) is 199 Å². The number of benzene rings is 2. The third-order valence-electron chi connectivity index (χ3n) is 17.7. The van der Waals surface area contributed by atoms with E-state index in [2.05, 4.69) is 47.9 Å². The molecule has 0 saturated carbocycles. The van der Waals surface area contributed by atoms with Gasteiger partial charge in [-0.15, -0.1) is 0 Å². The van der Waals surface area contributed by atoms with Crippen molar-refractivity contribution in [3.05, 3.63) is 65.7 Å². The van der Waals surface area contributed by atoms with Crippen LogP contribution in [0.5, 0.6) is 5.75 Å². The molecule has 0 bridgehead atoms. The van der Waals surface area contributed by atoms with E-state index in [1.165, 1.54) is 24.3 Å². The van der Waals surface area contributed by atoms with E-state index in [0.29, 0.717) is 5.56 Å². The van der Waals surface area contributed by atoms with E-state index < -0.39 is 252 Å². The maximum atomic E-state index is 15.2. The Hall–Kier alpha value is -6.39. The summed E-state index contributed by atoms with van der Waals surface area (Å²) in [6, 6.07) is 1.15. The number of nitrogens with one attached hydrogen (secondary N) is 9.